The summed E-state index contributed by atoms with van der Waals surface area (Å²) in [7, 11) is 0. The molecule has 0 aromatic heterocycles. The van der Waals surface area contributed by atoms with Crippen LogP contribution in [0.4, 0.5) is 9.18 Å². The van der Waals surface area contributed by atoms with Crippen molar-refractivity contribution in [1.82, 2.24) is 10.6 Å². The molecule has 0 saturated carbocycles. The fourth-order valence-corrected chi connectivity index (χ4v) is 2.18. The molecule has 0 aliphatic rings. The maximum Gasteiger partial charge on any atom is 0.315 e. The van der Waals surface area contributed by atoms with Gasteiger partial charge in [0.25, 0.3) is 0 Å². The molecule has 2 N–H and O–H groups in total. The third-order valence-corrected chi connectivity index (χ3v) is 3.37. The molecule has 0 radical (unpaired) electrons. The van der Waals surface area contributed by atoms with Gasteiger partial charge in [-0.05, 0) is 42.7 Å². The molecular weight excluding hydrogens is 267 g/mol. The SMILES string of the molecule is Cc1ccccc1[C@@H](C)NC(=O)NCc1ccc(F)cc1. The molecule has 0 bridgehead atoms. The van der Waals surface area contributed by atoms with E-state index in [0.29, 0.717) is 6.54 Å². The van der Waals surface area contributed by atoms with Gasteiger partial charge in [0.15, 0.2) is 0 Å². The Kier molecular flexibility index (Phi) is 4.93. The van der Waals surface area contributed by atoms with Crippen molar-refractivity contribution in [3.8, 4) is 0 Å². The van der Waals surface area contributed by atoms with Gasteiger partial charge in [0, 0.05) is 6.54 Å². The molecule has 0 spiro atoms. The van der Waals surface area contributed by atoms with Crippen LogP contribution < -0.4 is 10.6 Å². The Morgan fingerprint density at radius 2 is 1.81 bits per heavy atom. The first kappa shape index (κ1) is 15.0. The van der Waals surface area contributed by atoms with E-state index < -0.39 is 0 Å². The third kappa shape index (κ3) is 4.31. The van der Waals surface area contributed by atoms with Crippen LogP contribution in [0.1, 0.15) is 29.7 Å². The largest absolute Gasteiger partial charge is 0.334 e. The summed E-state index contributed by atoms with van der Waals surface area (Å²) in [6.07, 6.45) is 0. The molecule has 21 heavy (non-hydrogen) atoms. The molecule has 2 aromatic carbocycles. The lowest BCUT2D eigenvalue weighted by Gasteiger charge is -2.17. The molecule has 0 heterocycles. The van der Waals surface area contributed by atoms with Gasteiger partial charge in [0.1, 0.15) is 5.82 Å². The second-order valence-corrected chi connectivity index (χ2v) is 5.03. The number of urea groups is 1. The topological polar surface area (TPSA) is 41.1 Å². The van der Waals surface area contributed by atoms with Gasteiger partial charge in [0.05, 0.1) is 6.04 Å². The van der Waals surface area contributed by atoms with Gasteiger partial charge < -0.3 is 10.6 Å². The van der Waals surface area contributed by atoms with Crippen LogP contribution in [-0.2, 0) is 6.54 Å². The molecule has 0 aliphatic carbocycles. The molecule has 4 heteroatoms. The average Bonchev–Trinajstić information content (AvgIpc) is 2.47. The van der Waals surface area contributed by atoms with Crippen LogP contribution in [0.2, 0.25) is 0 Å². The van der Waals surface area contributed by atoms with E-state index in [2.05, 4.69) is 10.6 Å². The highest BCUT2D eigenvalue weighted by Gasteiger charge is 2.10. The van der Waals surface area contributed by atoms with E-state index in [1.165, 1.54) is 12.1 Å². The molecule has 2 rings (SSSR count). The summed E-state index contributed by atoms with van der Waals surface area (Å²) in [5.74, 6) is -0.281. The summed E-state index contributed by atoms with van der Waals surface area (Å²) >= 11 is 0. The zero-order valence-corrected chi connectivity index (χ0v) is 12.2. The third-order valence-electron chi connectivity index (χ3n) is 3.37. The predicted octanol–water partition coefficient (Wildman–Crippen LogP) is 3.69. The first-order valence-corrected chi connectivity index (χ1v) is 6.90. The Balaban J connectivity index is 1.87. The second kappa shape index (κ2) is 6.88. The maximum atomic E-state index is 12.8. The number of carbonyl (C=O) groups excluding carboxylic acids is 1. The number of benzene rings is 2. The highest BCUT2D eigenvalue weighted by Crippen LogP contribution is 2.16. The highest BCUT2D eigenvalue weighted by atomic mass is 19.1. The van der Waals surface area contributed by atoms with Crippen molar-refractivity contribution in [1.29, 1.82) is 0 Å². The molecule has 2 amide bonds. The van der Waals surface area contributed by atoms with E-state index in [0.717, 1.165) is 16.7 Å². The fourth-order valence-electron chi connectivity index (χ4n) is 2.18. The van der Waals surface area contributed by atoms with Crippen LogP contribution in [-0.4, -0.2) is 6.03 Å². The molecule has 0 aliphatic heterocycles. The number of hydrogen-bond donors (Lipinski definition) is 2. The van der Waals surface area contributed by atoms with Gasteiger partial charge in [-0.1, -0.05) is 36.4 Å². The van der Waals surface area contributed by atoms with Gasteiger partial charge in [0.2, 0.25) is 0 Å². The summed E-state index contributed by atoms with van der Waals surface area (Å²) in [4.78, 5) is 11.9. The molecular formula is C17H19FN2O. The minimum Gasteiger partial charge on any atom is -0.334 e. The molecule has 0 fully saturated rings. The van der Waals surface area contributed by atoms with Crippen molar-refractivity contribution in [2.45, 2.75) is 26.4 Å². The van der Waals surface area contributed by atoms with E-state index in [-0.39, 0.29) is 17.9 Å². The monoisotopic (exact) mass is 286 g/mol. The minimum atomic E-state index is -0.281. The Bertz CT molecular complexity index is 610. The van der Waals surface area contributed by atoms with Crippen LogP contribution in [0.5, 0.6) is 0 Å². The predicted molar refractivity (Wildman–Crippen MR) is 81.4 cm³/mol. The molecule has 1 atom stereocenters. The van der Waals surface area contributed by atoms with Crippen molar-refractivity contribution in [2.24, 2.45) is 0 Å². The van der Waals surface area contributed by atoms with E-state index >= 15 is 0 Å². The lowest BCUT2D eigenvalue weighted by Crippen LogP contribution is -2.36. The van der Waals surface area contributed by atoms with Crippen molar-refractivity contribution in [3.05, 3.63) is 71.0 Å². The standard InChI is InChI=1S/C17H19FN2O/c1-12-5-3-4-6-16(12)13(2)20-17(21)19-11-14-7-9-15(18)10-8-14/h3-10,13H,11H2,1-2H3,(H2,19,20,21)/t13-/m1/s1. The summed E-state index contributed by atoms with van der Waals surface area (Å²) < 4.78 is 12.8. The number of rotatable bonds is 4. The fraction of sp³-hybridized carbons (Fsp3) is 0.235. The normalized spacial score (nSPS) is 11.8. The molecule has 110 valence electrons. The second-order valence-electron chi connectivity index (χ2n) is 5.03. The molecule has 0 saturated heterocycles. The number of hydrogen-bond acceptors (Lipinski definition) is 1. The summed E-state index contributed by atoms with van der Waals surface area (Å²) in [6.45, 7) is 4.33. The maximum absolute atomic E-state index is 12.8. The molecule has 0 unspecified atom stereocenters. The summed E-state index contributed by atoms with van der Waals surface area (Å²) in [6, 6.07) is 13.7. The Morgan fingerprint density at radius 1 is 1.14 bits per heavy atom. The average molecular weight is 286 g/mol. The zero-order valence-electron chi connectivity index (χ0n) is 12.2. The number of carbonyl (C=O) groups is 1. The molecule has 3 nitrogen and oxygen atoms in total. The Labute approximate surface area is 124 Å². The summed E-state index contributed by atoms with van der Waals surface area (Å²) in [5, 5.41) is 5.66. The molecule has 2 aromatic rings. The van der Waals surface area contributed by atoms with Gasteiger partial charge in [-0.15, -0.1) is 0 Å². The first-order chi connectivity index (χ1) is 10.1. The smallest absolute Gasteiger partial charge is 0.315 e. The van der Waals surface area contributed by atoms with Crippen LogP contribution >= 0.6 is 0 Å². The number of amides is 2. The van der Waals surface area contributed by atoms with Crippen molar-refractivity contribution >= 4 is 6.03 Å². The number of nitrogens with one attached hydrogen (secondary N) is 2. The van der Waals surface area contributed by atoms with E-state index in [9.17, 15) is 9.18 Å². The van der Waals surface area contributed by atoms with Gasteiger partial charge in [-0.2, -0.15) is 0 Å². The van der Waals surface area contributed by atoms with E-state index in [1.54, 1.807) is 12.1 Å². The Hall–Kier alpha value is -2.36. The summed E-state index contributed by atoms with van der Waals surface area (Å²) in [5.41, 5.74) is 3.09. The van der Waals surface area contributed by atoms with Crippen LogP contribution in [0.15, 0.2) is 48.5 Å². The first-order valence-electron chi connectivity index (χ1n) is 6.90. The zero-order chi connectivity index (χ0) is 15.2. The minimum absolute atomic E-state index is 0.0700. The van der Waals surface area contributed by atoms with Crippen LogP contribution in [0, 0.1) is 12.7 Å². The lowest BCUT2D eigenvalue weighted by atomic mass is 10.0. The van der Waals surface area contributed by atoms with E-state index in [4.69, 9.17) is 0 Å². The van der Waals surface area contributed by atoms with Crippen LogP contribution in [0.3, 0.4) is 0 Å². The van der Waals surface area contributed by atoms with Gasteiger partial charge in [-0.3, -0.25) is 0 Å². The van der Waals surface area contributed by atoms with Gasteiger partial charge >= 0.3 is 6.03 Å². The van der Waals surface area contributed by atoms with Gasteiger partial charge in [-0.25, -0.2) is 9.18 Å². The quantitative estimate of drug-likeness (QED) is 0.884. The van der Waals surface area contributed by atoms with Crippen LogP contribution in [0.25, 0.3) is 0 Å². The van der Waals surface area contributed by atoms with Crippen molar-refractivity contribution in [3.63, 3.8) is 0 Å². The number of aryl methyl sites for hydroxylation is 1. The lowest BCUT2D eigenvalue weighted by molar-refractivity contribution is 0.237. The number of halogens is 1. The van der Waals surface area contributed by atoms with E-state index in [1.807, 2.05) is 38.1 Å². The van der Waals surface area contributed by atoms with Crippen molar-refractivity contribution in [2.75, 3.05) is 0 Å². The van der Waals surface area contributed by atoms with Crippen molar-refractivity contribution < 1.29 is 9.18 Å². The Morgan fingerprint density at radius 3 is 2.48 bits per heavy atom. The highest BCUT2D eigenvalue weighted by molar-refractivity contribution is 5.74.